The van der Waals surface area contributed by atoms with Gasteiger partial charge in [0.1, 0.15) is 6.61 Å². The van der Waals surface area contributed by atoms with Crippen molar-refractivity contribution in [1.29, 1.82) is 0 Å². The van der Waals surface area contributed by atoms with Crippen LogP contribution in [0.1, 0.15) is 6.93 Å². The monoisotopic (exact) mass is 201 g/mol. The molecule has 12 heavy (non-hydrogen) atoms. The van der Waals surface area contributed by atoms with Gasteiger partial charge in [-0.05, 0) is 17.7 Å². The Balaban J connectivity index is 2.54. The highest BCUT2D eigenvalue weighted by atomic mass is 33.1. The van der Waals surface area contributed by atoms with E-state index < -0.39 is 6.45 Å². The first-order valence-electron chi connectivity index (χ1n) is 3.76. The quantitative estimate of drug-likeness (QED) is 0.462. The third kappa shape index (κ3) is 2.79. The molecule has 4 heteroatoms. The van der Waals surface area contributed by atoms with E-state index in [1.54, 1.807) is 0 Å². The van der Waals surface area contributed by atoms with Crippen molar-refractivity contribution in [2.75, 3.05) is 0 Å². The Bertz CT molecular complexity index is 287. The average molecular weight is 201 g/mol. The van der Waals surface area contributed by atoms with Gasteiger partial charge >= 0.3 is 0 Å². The van der Waals surface area contributed by atoms with E-state index in [-0.39, 0.29) is 6.61 Å². The Morgan fingerprint density at radius 1 is 1.58 bits per heavy atom. The highest BCUT2D eigenvalue weighted by Gasteiger charge is 1.93. The van der Waals surface area contributed by atoms with Crippen molar-refractivity contribution in [3.8, 4) is 0 Å². The molecule has 0 atom stereocenters. The molecule has 2 nitrogen and oxygen atoms in total. The van der Waals surface area contributed by atoms with Crippen LogP contribution in [0.4, 0.5) is 0 Å². The summed E-state index contributed by atoms with van der Waals surface area (Å²) < 4.78 is 11.0. The second-order valence-corrected chi connectivity index (χ2v) is 3.31. The first kappa shape index (κ1) is 8.01. The molecule has 0 unspecified atom stereocenters. The SMILES string of the molecule is [2H]C(=O)OCc1ccc(SS)cc1. The van der Waals surface area contributed by atoms with Gasteiger partial charge in [-0.1, -0.05) is 22.9 Å². The van der Waals surface area contributed by atoms with E-state index in [0.717, 1.165) is 10.5 Å². The molecule has 1 rings (SSSR count). The number of hydrogen-bond donors (Lipinski definition) is 1. The molecule has 0 fully saturated rings. The lowest BCUT2D eigenvalue weighted by atomic mass is 10.2. The fourth-order valence-electron chi connectivity index (χ4n) is 0.759. The van der Waals surface area contributed by atoms with E-state index in [1.165, 1.54) is 10.8 Å². The van der Waals surface area contributed by atoms with Crippen molar-refractivity contribution in [2.24, 2.45) is 0 Å². The zero-order valence-electron chi connectivity index (χ0n) is 7.19. The number of thiol groups is 1. The van der Waals surface area contributed by atoms with Crippen LogP contribution in [0.3, 0.4) is 0 Å². The summed E-state index contributed by atoms with van der Waals surface area (Å²) in [6.45, 7) is 0.153. The molecule has 0 aliphatic heterocycles. The second-order valence-electron chi connectivity index (χ2n) is 2.11. The molecule has 0 amide bonds. The Morgan fingerprint density at radius 2 is 2.25 bits per heavy atom. The van der Waals surface area contributed by atoms with Gasteiger partial charge in [0.15, 0.2) is 1.37 Å². The standard InChI is InChI=1S/C8H8O2S2/c9-6-10-5-7-1-3-8(12-11)4-2-7/h1-4,6,11H,5H2/i6D. The van der Waals surface area contributed by atoms with Crippen LogP contribution < -0.4 is 0 Å². The summed E-state index contributed by atoms with van der Waals surface area (Å²) in [5, 5.41) is 0. The minimum atomic E-state index is -1.01. The fraction of sp³-hybridized carbons (Fsp3) is 0.125. The Morgan fingerprint density at radius 3 is 2.75 bits per heavy atom. The number of hydrogen-bond acceptors (Lipinski definition) is 4. The molecule has 0 radical (unpaired) electrons. The normalized spacial score (nSPS) is 10.6. The zero-order valence-corrected chi connectivity index (χ0v) is 7.90. The molecule has 1 aromatic carbocycles. The summed E-state index contributed by atoms with van der Waals surface area (Å²) in [5.74, 6) is 0. The molecule has 0 aliphatic carbocycles. The summed E-state index contributed by atoms with van der Waals surface area (Å²) >= 11 is 4.03. The maximum absolute atomic E-state index is 10.2. The van der Waals surface area contributed by atoms with Gasteiger partial charge < -0.3 is 4.74 Å². The first-order chi connectivity index (χ1) is 6.22. The summed E-state index contributed by atoms with van der Waals surface area (Å²) in [6.07, 6.45) is -1.01. The molecule has 0 spiro atoms. The van der Waals surface area contributed by atoms with E-state index >= 15 is 0 Å². The smallest absolute Gasteiger partial charge is 0.293 e. The van der Waals surface area contributed by atoms with E-state index in [1.807, 2.05) is 24.3 Å². The minimum Gasteiger partial charge on any atom is -0.463 e. The second kappa shape index (κ2) is 5.11. The molecule has 0 bridgehead atoms. The molecule has 1 aromatic rings. The Hall–Kier alpha value is -0.610. The lowest BCUT2D eigenvalue weighted by Crippen LogP contribution is -1.88. The van der Waals surface area contributed by atoms with Gasteiger partial charge in [-0.2, -0.15) is 0 Å². The Labute approximate surface area is 81.5 Å². The predicted molar refractivity (Wildman–Crippen MR) is 52.1 cm³/mol. The minimum absolute atomic E-state index is 0.153. The highest BCUT2D eigenvalue weighted by molar-refractivity contribution is 8.68. The molecule has 0 saturated heterocycles. The van der Waals surface area contributed by atoms with Gasteiger partial charge in [0, 0.05) is 4.90 Å². The van der Waals surface area contributed by atoms with Gasteiger partial charge in [0.2, 0.25) is 0 Å². The van der Waals surface area contributed by atoms with E-state index in [0.29, 0.717) is 0 Å². The maximum atomic E-state index is 10.2. The summed E-state index contributed by atoms with van der Waals surface area (Å²) in [4.78, 5) is 11.2. The van der Waals surface area contributed by atoms with Gasteiger partial charge in [-0.25, -0.2) is 0 Å². The van der Waals surface area contributed by atoms with Crippen LogP contribution in [0.2, 0.25) is 0 Å². The van der Waals surface area contributed by atoms with Crippen LogP contribution in [-0.2, 0) is 16.1 Å². The lowest BCUT2D eigenvalue weighted by molar-refractivity contribution is -0.129. The van der Waals surface area contributed by atoms with Crippen LogP contribution >= 0.6 is 22.5 Å². The Kier molecular flexibility index (Phi) is 3.41. The topological polar surface area (TPSA) is 26.3 Å². The number of ether oxygens (including phenoxy) is 1. The van der Waals surface area contributed by atoms with Crippen LogP contribution in [-0.4, -0.2) is 6.45 Å². The molecule has 0 aliphatic rings. The third-order valence-electron chi connectivity index (χ3n) is 1.33. The number of benzene rings is 1. The largest absolute Gasteiger partial charge is 0.463 e. The molecule has 64 valence electrons. The van der Waals surface area contributed by atoms with Crippen molar-refractivity contribution in [1.82, 2.24) is 0 Å². The van der Waals surface area contributed by atoms with Gasteiger partial charge in [-0.15, -0.1) is 11.7 Å². The predicted octanol–water partition coefficient (Wildman–Crippen LogP) is 2.30. The molecule has 0 aromatic heterocycles. The number of rotatable bonds is 3. The van der Waals surface area contributed by atoms with Crippen LogP contribution in [0.25, 0.3) is 0 Å². The lowest BCUT2D eigenvalue weighted by Gasteiger charge is -1.99. The van der Waals surface area contributed by atoms with Crippen molar-refractivity contribution in [3.63, 3.8) is 0 Å². The van der Waals surface area contributed by atoms with Gasteiger partial charge in [0.05, 0.1) is 0 Å². The van der Waals surface area contributed by atoms with Crippen LogP contribution in [0.5, 0.6) is 0 Å². The summed E-state index contributed by atoms with van der Waals surface area (Å²) in [5.41, 5.74) is 0.867. The summed E-state index contributed by atoms with van der Waals surface area (Å²) in [6, 6.07) is 7.43. The van der Waals surface area contributed by atoms with Gasteiger partial charge in [-0.3, -0.25) is 4.79 Å². The van der Waals surface area contributed by atoms with Crippen molar-refractivity contribution in [2.45, 2.75) is 11.5 Å². The van der Waals surface area contributed by atoms with Gasteiger partial charge in [0.25, 0.3) is 6.45 Å². The van der Waals surface area contributed by atoms with Crippen molar-refractivity contribution >= 4 is 28.9 Å². The molecular weight excluding hydrogens is 192 g/mol. The molecule has 0 heterocycles. The van der Waals surface area contributed by atoms with Crippen molar-refractivity contribution < 1.29 is 10.9 Å². The van der Waals surface area contributed by atoms with E-state index in [4.69, 9.17) is 1.37 Å². The number of carbonyl (C=O) groups is 1. The average Bonchev–Trinajstić information content (AvgIpc) is 2.15. The van der Waals surface area contributed by atoms with Crippen LogP contribution in [0.15, 0.2) is 29.2 Å². The first-order valence-corrected chi connectivity index (χ1v) is 5.13. The van der Waals surface area contributed by atoms with E-state index in [9.17, 15) is 4.79 Å². The fourth-order valence-corrected chi connectivity index (χ4v) is 1.38. The maximum Gasteiger partial charge on any atom is 0.293 e. The highest BCUT2D eigenvalue weighted by Crippen LogP contribution is 2.21. The summed E-state index contributed by atoms with van der Waals surface area (Å²) in [7, 11) is 1.35. The van der Waals surface area contributed by atoms with Crippen LogP contribution in [0, 0.1) is 0 Å². The third-order valence-corrected chi connectivity index (χ3v) is 2.44. The number of carbonyl (C=O) groups excluding carboxylic acids is 1. The molecule has 0 saturated carbocycles. The zero-order chi connectivity index (χ0) is 9.68. The van der Waals surface area contributed by atoms with E-state index in [2.05, 4.69) is 16.4 Å². The van der Waals surface area contributed by atoms with Crippen molar-refractivity contribution in [3.05, 3.63) is 29.8 Å². The molecule has 0 N–H and O–H groups in total. The molecular formula is C8H8O2S2.